The van der Waals surface area contributed by atoms with E-state index >= 15 is 0 Å². The lowest BCUT2D eigenvalue weighted by molar-refractivity contribution is -0.140. The molecule has 0 saturated heterocycles. The number of imidazole rings is 1. The smallest absolute Gasteiger partial charge is 0.307 e. The zero-order chi connectivity index (χ0) is 12.1. The van der Waals surface area contributed by atoms with Crippen molar-refractivity contribution >= 4 is 5.97 Å². The molecule has 4 heteroatoms. The quantitative estimate of drug-likeness (QED) is 0.755. The van der Waals surface area contributed by atoms with Crippen LogP contribution in [-0.4, -0.2) is 22.6 Å². The molecule has 2 aromatic rings. The number of aryl methyl sites for hydroxylation is 1. The molecule has 0 N–H and O–H groups in total. The fourth-order valence-corrected chi connectivity index (χ4v) is 1.56. The van der Waals surface area contributed by atoms with Crippen LogP contribution >= 0.6 is 0 Å². The first-order valence-electron chi connectivity index (χ1n) is 5.43. The standard InChI is InChI=1S/C13H14N2O2/c1-17-13(16)7-8-15-9-12(14-10-15)11-5-3-2-4-6-11/h2-6,9-10H,7-8H2,1H3. The van der Waals surface area contributed by atoms with Gasteiger partial charge in [-0.15, -0.1) is 0 Å². The molecule has 17 heavy (non-hydrogen) atoms. The summed E-state index contributed by atoms with van der Waals surface area (Å²) in [5.74, 6) is -0.208. The van der Waals surface area contributed by atoms with Gasteiger partial charge in [0.25, 0.3) is 0 Å². The van der Waals surface area contributed by atoms with Gasteiger partial charge in [-0.05, 0) is 0 Å². The number of hydrogen-bond acceptors (Lipinski definition) is 3. The number of benzene rings is 1. The summed E-state index contributed by atoms with van der Waals surface area (Å²) in [4.78, 5) is 15.3. The molecule has 1 aromatic carbocycles. The number of esters is 1. The van der Waals surface area contributed by atoms with E-state index in [1.165, 1.54) is 7.11 Å². The van der Waals surface area contributed by atoms with Crippen LogP contribution in [0.5, 0.6) is 0 Å². The van der Waals surface area contributed by atoms with Gasteiger partial charge < -0.3 is 9.30 Å². The lowest BCUT2D eigenvalue weighted by Crippen LogP contribution is -2.05. The maximum atomic E-state index is 11.0. The minimum absolute atomic E-state index is 0.208. The Kier molecular flexibility index (Phi) is 3.55. The highest BCUT2D eigenvalue weighted by atomic mass is 16.5. The van der Waals surface area contributed by atoms with Gasteiger partial charge in [-0.2, -0.15) is 0 Å². The second kappa shape index (κ2) is 5.30. The van der Waals surface area contributed by atoms with Crippen molar-refractivity contribution < 1.29 is 9.53 Å². The monoisotopic (exact) mass is 230 g/mol. The highest BCUT2D eigenvalue weighted by Crippen LogP contribution is 2.15. The Hall–Kier alpha value is -2.10. The van der Waals surface area contributed by atoms with Gasteiger partial charge in [-0.1, -0.05) is 30.3 Å². The van der Waals surface area contributed by atoms with Crippen LogP contribution in [0.25, 0.3) is 11.3 Å². The number of carbonyl (C=O) groups is 1. The van der Waals surface area contributed by atoms with Crippen molar-refractivity contribution in [3.63, 3.8) is 0 Å². The third-order valence-corrected chi connectivity index (χ3v) is 2.50. The first-order chi connectivity index (χ1) is 8.29. The normalized spacial score (nSPS) is 10.2. The van der Waals surface area contributed by atoms with Gasteiger partial charge in [0.1, 0.15) is 0 Å². The molecular weight excluding hydrogens is 216 g/mol. The minimum Gasteiger partial charge on any atom is -0.469 e. The van der Waals surface area contributed by atoms with Crippen LogP contribution in [0.3, 0.4) is 0 Å². The summed E-state index contributed by atoms with van der Waals surface area (Å²) >= 11 is 0. The number of ether oxygens (including phenoxy) is 1. The van der Waals surface area contributed by atoms with Gasteiger partial charge in [-0.25, -0.2) is 4.98 Å². The lowest BCUT2D eigenvalue weighted by atomic mass is 10.2. The summed E-state index contributed by atoms with van der Waals surface area (Å²) in [6.45, 7) is 0.590. The fraction of sp³-hybridized carbons (Fsp3) is 0.231. The van der Waals surface area contributed by atoms with Gasteiger partial charge in [0, 0.05) is 18.3 Å². The van der Waals surface area contributed by atoms with Crippen LogP contribution in [0, 0.1) is 0 Å². The lowest BCUT2D eigenvalue weighted by Gasteiger charge is -2.00. The summed E-state index contributed by atoms with van der Waals surface area (Å²) in [5, 5.41) is 0. The van der Waals surface area contributed by atoms with E-state index < -0.39 is 0 Å². The molecule has 1 heterocycles. The highest BCUT2D eigenvalue weighted by Gasteiger charge is 2.03. The molecule has 0 atom stereocenters. The van der Waals surface area contributed by atoms with Crippen molar-refractivity contribution in [2.75, 3.05) is 7.11 Å². The maximum Gasteiger partial charge on any atom is 0.307 e. The number of aromatic nitrogens is 2. The van der Waals surface area contributed by atoms with E-state index in [-0.39, 0.29) is 5.97 Å². The molecule has 2 rings (SSSR count). The summed E-state index contributed by atoms with van der Waals surface area (Å²) in [6, 6.07) is 9.93. The van der Waals surface area contributed by atoms with Crippen LogP contribution in [0.15, 0.2) is 42.9 Å². The fourth-order valence-electron chi connectivity index (χ4n) is 1.56. The molecular formula is C13H14N2O2. The van der Waals surface area contributed by atoms with Gasteiger partial charge >= 0.3 is 5.97 Å². The third-order valence-electron chi connectivity index (χ3n) is 2.50. The second-order valence-electron chi connectivity index (χ2n) is 3.69. The predicted molar refractivity (Wildman–Crippen MR) is 64.3 cm³/mol. The molecule has 0 aliphatic carbocycles. The van der Waals surface area contributed by atoms with Crippen LogP contribution < -0.4 is 0 Å². The topological polar surface area (TPSA) is 44.1 Å². The second-order valence-corrected chi connectivity index (χ2v) is 3.69. The largest absolute Gasteiger partial charge is 0.469 e. The van der Waals surface area contributed by atoms with Gasteiger partial charge in [-0.3, -0.25) is 4.79 Å². The van der Waals surface area contributed by atoms with Crippen LogP contribution in [-0.2, 0) is 16.1 Å². The third kappa shape index (κ3) is 2.93. The number of nitrogens with zero attached hydrogens (tertiary/aromatic N) is 2. The van der Waals surface area contributed by atoms with Crippen molar-refractivity contribution in [1.29, 1.82) is 0 Å². The molecule has 0 radical (unpaired) electrons. The van der Waals surface area contributed by atoms with Crippen molar-refractivity contribution in [3.8, 4) is 11.3 Å². The molecule has 4 nitrogen and oxygen atoms in total. The van der Waals surface area contributed by atoms with E-state index in [4.69, 9.17) is 0 Å². The average molecular weight is 230 g/mol. The number of carbonyl (C=O) groups excluding carboxylic acids is 1. The molecule has 0 saturated carbocycles. The Labute approximate surface area is 99.9 Å². The Bertz CT molecular complexity index is 491. The van der Waals surface area contributed by atoms with Gasteiger partial charge in [0.2, 0.25) is 0 Å². The maximum absolute atomic E-state index is 11.0. The Morgan fingerprint density at radius 1 is 1.35 bits per heavy atom. The zero-order valence-corrected chi connectivity index (χ0v) is 9.67. The number of methoxy groups -OCH3 is 1. The molecule has 0 amide bonds. The summed E-state index contributed by atoms with van der Waals surface area (Å²) < 4.78 is 6.48. The van der Waals surface area contributed by atoms with Crippen molar-refractivity contribution in [2.45, 2.75) is 13.0 Å². The Balaban J connectivity index is 2.04. The molecule has 1 aromatic heterocycles. The SMILES string of the molecule is COC(=O)CCn1cnc(-c2ccccc2)c1. The van der Waals surface area contributed by atoms with E-state index in [0.717, 1.165) is 11.3 Å². The minimum atomic E-state index is -0.208. The van der Waals surface area contributed by atoms with Crippen molar-refractivity contribution in [3.05, 3.63) is 42.9 Å². The molecule has 0 aliphatic rings. The van der Waals surface area contributed by atoms with Crippen molar-refractivity contribution in [2.24, 2.45) is 0 Å². The van der Waals surface area contributed by atoms with E-state index in [1.54, 1.807) is 6.33 Å². The highest BCUT2D eigenvalue weighted by molar-refractivity contribution is 5.69. The predicted octanol–water partition coefficient (Wildman–Crippen LogP) is 2.11. The van der Waals surface area contributed by atoms with Gasteiger partial charge in [0.15, 0.2) is 0 Å². The molecule has 0 spiro atoms. The Morgan fingerprint density at radius 3 is 2.82 bits per heavy atom. The molecule has 88 valence electrons. The van der Waals surface area contributed by atoms with E-state index in [0.29, 0.717) is 13.0 Å². The van der Waals surface area contributed by atoms with Crippen LogP contribution in [0.1, 0.15) is 6.42 Å². The van der Waals surface area contributed by atoms with E-state index in [1.807, 2.05) is 41.1 Å². The summed E-state index contributed by atoms with van der Waals surface area (Å²) in [6.07, 6.45) is 4.02. The van der Waals surface area contributed by atoms with Gasteiger partial charge in [0.05, 0.1) is 25.6 Å². The first-order valence-corrected chi connectivity index (χ1v) is 5.43. The molecule has 0 bridgehead atoms. The zero-order valence-electron chi connectivity index (χ0n) is 9.67. The van der Waals surface area contributed by atoms with Crippen LogP contribution in [0.2, 0.25) is 0 Å². The first kappa shape index (κ1) is 11.4. The number of rotatable bonds is 4. The van der Waals surface area contributed by atoms with Crippen molar-refractivity contribution in [1.82, 2.24) is 9.55 Å². The summed E-state index contributed by atoms with van der Waals surface area (Å²) in [5.41, 5.74) is 1.99. The van der Waals surface area contributed by atoms with Crippen LogP contribution in [0.4, 0.5) is 0 Å². The van der Waals surface area contributed by atoms with E-state index in [2.05, 4.69) is 9.72 Å². The number of hydrogen-bond donors (Lipinski definition) is 0. The Morgan fingerprint density at radius 2 is 2.12 bits per heavy atom. The average Bonchev–Trinajstić information content (AvgIpc) is 2.86. The molecule has 0 aliphatic heterocycles. The summed E-state index contributed by atoms with van der Waals surface area (Å²) in [7, 11) is 1.39. The molecule has 0 unspecified atom stereocenters. The van der Waals surface area contributed by atoms with E-state index in [9.17, 15) is 4.79 Å². The molecule has 0 fully saturated rings.